The van der Waals surface area contributed by atoms with Crippen molar-refractivity contribution in [2.24, 2.45) is 5.73 Å². The largest absolute Gasteiger partial charge is 0.340 e. The van der Waals surface area contributed by atoms with E-state index in [9.17, 15) is 4.79 Å². The Morgan fingerprint density at radius 2 is 2.14 bits per heavy atom. The van der Waals surface area contributed by atoms with E-state index >= 15 is 0 Å². The molecule has 14 heavy (non-hydrogen) atoms. The normalized spacial score (nSPS) is 22.4. The highest BCUT2D eigenvalue weighted by Gasteiger charge is 2.26. The van der Waals surface area contributed by atoms with Crippen LogP contribution in [-0.4, -0.2) is 54.5 Å². The van der Waals surface area contributed by atoms with Crippen LogP contribution in [0, 0.1) is 0 Å². The highest BCUT2D eigenvalue weighted by Crippen LogP contribution is 2.08. The van der Waals surface area contributed by atoms with Gasteiger partial charge in [-0.15, -0.1) is 0 Å². The molecule has 1 atom stereocenters. The zero-order chi connectivity index (χ0) is 10.6. The van der Waals surface area contributed by atoms with E-state index in [0.717, 1.165) is 32.7 Å². The fourth-order valence-electron chi connectivity index (χ4n) is 1.82. The minimum Gasteiger partial charge on any atom is -0.340 e. The summed E-state index contributed by atoms with van der Waals surface area (Å²) in [6, 6.07) is 0.0548. The van der Waals surface area contributed by atoms with Gasteiger partial charge in [0.2, 0.25) is 5.91 Å². The van der Waals surface area contributed by atoms with Gasteiger partial charge in [-0.1, -0.05) is 13.8 Å². The van der Waals surface area contributed by atoms with E-state index in [4.69, 9.17) is 5.73 Å². The average Bonchev–Trinajstić information content (AvgIpc) is 2.47. The molecule has 0 saturated carbocycles. The minimum absolute atomic E-state index is 0.0548. The first kappa shape index (κ1) is 11.5. The summed E-state index contributed by atoms with van der Waals surface area (Å²) in [5, 5.41) is 0. The molecule has 82 valence electrons. The van der Waals surface area contributed by atoms with Gasteiger partial charge in [-0.2, -0.15) is 0 Å². The number of hydrogen-bond donors (Lipinski definition) is 1. The fraction of sp³-hybridized carbons (Fsp3) is 0.900. The Bertz CT molecular complexity index is 192. The maximum atomic E-state index is 11.4. The van der Waals surface area contributed by atoms with Crippen molar-refractivity contribution in [2.45, 2.75) is 26.3 Å². The van der Waals surface area contributed by atoms with Crippen molar-refractivity contribution in [2.75, 3.05) is 32.7 Å². The second kappa shape index (κ2) is 5.32. The molecule has 0 spiro atoms. The van der Waals surface area contributed by atoms with Crippen molar-refractivity contribution in [3.05, 3.63) is 0 Å². The molecule has 1 aliphatic rings. The number of nitrogens with zero attached hydrogens (tertiary/aromatic N) is 2. The smallest absolute Gasteiger partial charge is 0.224 e. The molecule has 1 heterocycles. The van der Waals surface area contributed by atoms with Crippen LogP contribution in [0.1, 0.15) is 20.3 Å². The van der Waals surface area contributed by atoms with Crippen molar-refractivity contribution >= 4 is 5.91 Å². The molecule has 1 amide bonds. The average molecular weight is 199 g/mol. The predicted octanol–water partition coefficient (Wildman–Crippen LogP) is -0.112. The molecule has 0 aliphatic carbocycles. The number of amides is 1. The number of nitrogens with two attached hydrogens (primary N) is 1. The third-order valence-electron chi connectivity index (χ3n) is 2.82. The number of carbonyl (C=O) groups excluding carboxylic acids is 1. The first-order valence-corrected chi connectivity index (χ1v) is 5.43. The number of likely N-dealkylation sites (N-methyl/N-ethyl adjacent to an activating group) is 1. The quantitative estimate of drug-likeness (QED) is 0.672. The third-order valence-corrected chi connectivity index (χ3v) is 2.82. The Morgan fingerprint density at radius 3 is 2.57 bits per heavy atom. The zero-order valence-corrected chi connectivity index (χ0v) is 9.20. The monoisotopic (exact) mass is 199 g/mol. The van der Waals surface area contributed by atoms with E-state index in [1.807, 2.05) is 4.90 Å². The van der Waals surface area contributed by atoms with Crippen LogP contribution in [0.15, 0.2) is 0 Å². The predicted molar refractivity (Wildman–Crippen MR) is 57.0 cm³/mol. The molecule has 0 bridgehead atoms. The first-order valence-electron chi connectivity index (χ1n) is 5.43. The van der Waals surface area contributed by atoms with Gasteiger partial charge in [0.1, 0.15) is 0 Å². The van der Waals surface area contributed by atoms with Gasteiger partial charge in [0.25, 0.3) is 0 Å². The topological polar surface area (TPSA) is 49.6 Å². The second-order valence-corrected chi connectivity index (χ2v) is 3.83. The zero-order valence-electron chi connectivity index (χ0n) is 9.20. The van der Waals surface area contributed by atoms with E-state index in [1.165, 1.54) is 0 Å². The van der Waals surface area contributed by atoms with Gasteiger partial charge in [-0.05, 0) is 13.1 Å². The summed E-state index contributed by atoms with van der Waals surface area (Å²) in [5.74, 6) is 0.213. The lowest BCUT2D eigenvalue weighted by Gasteiger charge is -2.22. The lowest BCUT2D eigenvalue weighted by atomic mass is 10.3. The van der Waals surface area contributed by atoms with E-state index in [2.05, 4.69) is 18.7 Å². The van der Waals surface area contributed by atoms with Gasteiger partial charge in [-0.3, -0.25) is 4.79 Å². The molecule has 0 aromatic heterocycles. The van der Waals surface area contributed by atoms with Crippen LogP contribution in [0.4, 0.5) is 0 Å². The molecular formula is C10H21N3O. The molecule has 0 aromatic rings. The molecule has 4 heteroatoms. The lowest BCUT2D eigenvalue weighted by Crippen LogP contribution is -2.36. The van der Waals surface area contributed by atoms with Crippen LogP contribution in [0.3, 0.4) is 0 Å². The Kier molecular flexibility index (Phi) is 4.35. The molecule has 1 unspecified atom stereocenters. The maximum absolute atomic E-state index is 11.4. The molecule has 1 fully saturated rings. The summed E-state index contributed by atoms with van der Waals surface area (Å²) < 4.78 is 0. The van der Waals surface area contributed by atoms with Crippen LogP contribution in [0.2, 0.25) is 0 Å². The van der Waals surface area contributed by atoms with Gasteiger partial charge >= 0.3 is 0 Å². The summed E-state index contributed by atoms with van der Waals surface area (Å²) in [5.41, 5.74) is 5.71. The number of likely N-dealkylation sites (tertiary alicyclic amines) is 1. The fourth-order valence-corrected chi connectivity index (χ4v) is 1.82. The second-order valence-electron chi connectivity index (χ2n) is 3.83. The Labute approximate surface area is 86.0 Å². The van der Waals surface area contributed by atoms with Crippen LogP contribution in [0.5, 0.6) is 0 Å². The number of hydrogen-bond acceptors (Lipinski definition) is 3. The van der Waals surface area contributed by atoms with Crippen LogP contribution in [0.25, 0.3) is 0 Å². The summed E-state index contributed by atoms with van der Waals surface area (Å²) in [4.78, 5) is 15.6. The van der Waals surface area contributed by atoms with Gasteiger partial charge in [0.05, 0.1) is 0 Å². The van der Waals surface area contributed by atoms with Crippen molar-refractivity contribution in [3.63, 3.8) is 0 Å². The summed E-state index contributed by atoms with van der Waals surface area (Å²) in [6.07, 6.45) is 0.526. The van der Waals surface area contributed by atoms with Crippen molar-refractivity contribution in [3.8, 4) is 0 Å². The van der Waals surface area contributed by atoms with E-state index in [-0.39, 0.29) is 11.9 Å². The van der Waals surface area contributed by atoms with Crippen molar-refractivity contribution in [1.29, 1.82) is 0 Å². The molecule has 1 saturated heterocycles. The molecule has 1 rings (SSSR count). The molecule has 0 radical (unpaired) electrons. The van der Waals surface area contributed by atoms with Crippen molar-refractivity contribution < 1.29 is 4.79 Å². The van der Waals surface area contributed by atoms with Gasteiger partial charge < -0.3 is 15.5 Å². The van der Waals surface area contributed by atoms with E-state index in [1.54, 1.807) is 0 Å². The van der Waals surface area contributed by atoms with E-state index < -0.39 is 0 Å². The maximum Gasteiger partial charge on any atom is 0.224 e. The van der Waals surface area contributed by atoms with Crippen molar-refractivity contribution in [1.82, 2.24) is 9.80 Å². The summed E-state index contributed by atoms with van der Waals surface area (Å²) in [6.45, 7) is 8.90. The summed E-state index contributed by atoms with van der Waals surface area (Å²) in [7, 11) is 0. The van der Waals surface area contributed by atoms with Gasteiger partial charge in [0.15, 0.2) is 0 Å². The molecule has 0 aromatic carbocycles. The van der Waals surface area contributed by atoms with Crippen LogP contribution >= 0.6 is 0 Å². The highest BCUT2D eigenvalue weighted by molar-refractivity contribution is 5.79. The van der Waals surface area contributed by atoms with Crippen LogP contribution < -0.4 is 5.73 Å². The van der Waals surface area contributed by atoms with Crippen LogP contribution in [-0.2, 0) is 4.79 Å². The third kappa shape index (κ3) is 2.96. The minimum atomic E-state index is 0.0548. The molecule has 1 aliphatic heterocycles. The molecule has 4 nitrogen and oxygen atoms in total. The van der Waals surface area contributed by atoms with E-state index in [0.29, 0.717) is 6.42 Å². The lowest BCUT2D eigenvalue weighted by molar-refractivity contribution is -0.127. The summed E-state index contributed by atoms with van der Waals surface area (Å²) >= 11 is 0. The highest BCUT2D eigenvalue weighted by atomic mass is 16.2. The number of carbonyl (C=O) groups is 1. The Balaban J connectivity index is 2.27. The molecular weight excluding hydrogens is 178 g/mol. The van der Waals surface area contributed by atoms with Gasteiger partial charge in [0, 0.05) is 32.1 Å². The Morgan fingerprint density at radius 1 is 1.50 bits per heavy atom. The standard InChI is InChI=1S/C10H21N3O/c1-3-12(4-2)5-6-13-8-9(11)7-10(13)14/h9H,3-8,11H2,1-2H3. The Hall–Kier alpha value is -0.610. The molecule has 2 N–H and O–H groups in total. The SMILES string of the molecule is CCN(CC)CCN1CC(N)CC1=O. The van der Waals surface area contributed by atoms with Gasteiger partial charge in [-0.25, -0.2) is 0 Å². The first-order chi connectivity index (χ1) is 6.67. The number of rotatable bonds is 5.